The van der Waals surface area contributed by atoms with Crippen LogP contribution in [0.1, 0.15) is 24.0 Å². The Morgan fingerprint density at radius 1 is 1.22 bits per heavy atom. The fourth-order valence-corrected chi connectivity index (χ4v) is 3.17. The third-order valence-corrected chi connectivity index (χ3v) is 4.31. The largest absolute Gasteiger partial charge is 0.493 e. The van der Waals surface area contributed by atoms with Crippen LogP contribution >= 0.6 is 0 Å². The summed E-state index contributed by atoms with van der Waals surface area (Å²) in [4.78, 5) is 25.3. The second-order valence-corrected chi connectivity index (χ2v) is 5.57. The molecule has 0 aromatic heterocycles. The molecule has 23 heavy (non-hydrogen) atoms. The van der Waals surface area contributed by atoms with Crippen LogP contribution in [-0.2, 0) is 16.0 Å². The third-order valence-electron chi connectivity index (χ3n) is 4.31. The molecule has 0 unspecified atom stereocenters. The number of nitrogens with one attached hydrogen (secondary N) is 1. The number of fused-ring (bicyclic) bond motifs is 1. The Kier molecular flexibility index (Phi) is 4.23. The van der Waals surface area contributed by atoms with Crippen molar-refractivity contribution in [2.24, 2.45) is 0 Å². The molecule has 6 nitrogen and oxygen atoms in total. The van der Waals surface area contributed by atoms with Crippen molar-refractivity contribution < 1.29 is 19.1 Å². The number of amides is 1. The Labute approximate surface area is 135 Å². The number of rotatable bonds is 4. The van der Waals surface area contributed by atoms with Crippen molar-refractivity contribution in [2.45, 2.75) is 19.3 Å². The summed E-state index contributed by atoms with van der Waals surface area (Å²) in [5.74, 6) is 1.26. The predicted octanol–water partition coefficient (Wildman–Crippen LogP) is 1.34. The Morgan fingerprint density at radius 3 is 2.57 bits per heavy atom. The van der Waals surface area contributed by atoms with Gasteiger partial charge in [0.2, 0.25) is 5.91 Å². The highest BCUT2D eigenvalue weighted by atomic mass is 16.5. The summed E-state index contributed by atoms with van der Waals surface area (Å²) >= 11 is 0. The standard InChI is InChI=1S/C17H20N2O4/c1-22-14-8-11-5-6-18-17(12(11)9-15(14)23-2)13(10-20)19-7-3-4-16(19)21/h8-10,18H,3-7H2,1-2H3/b17-13-. The molecule has 0 radical (unpaired) electrons. The van der Waals surface area contributed by atoms with E-state index >= 15 is 0 Å². The molecule has 2 aliphatic rings. The summed E-state index contributed by atoms with van der Waals surface area (Å²) in [6.07, 6.45) is 2.85. The van der Waals surface area contributed by atoms with Gasteiger partial charge in [0.05, 0.1) is 19.9 Å². The van der Waals surface area contributed by atoms with Gasteiger partial charge >= 0.3 is 0 Å². The summed E-state index contributed by atoms with van der Waals surface area (Å²) in [6, 6.07) is 3.79. The van der Waals surface area contributed by atoms with Crippen LogP contribution in [0.25, 0.3) is 5.70 Å². The quantitative estimate of drug-likeness (QED) is 0.671. The number of hydrogen-bond acceptors (Lipinski definition) is 5. The lowest BCUT2D eigenvalue weighted by molar-refractivity contribution is -0.127. The van der Waals surface area contributed by atoms with Gasteiger partial charge in [-0.05, 0) is 30.5 Å². The van der Waals surface area contributed by atoms with E-state index in [-0.39, 0.29) is 5.91 Å². The molecule has 1 aromatic rings. The molecule has 0 spiro atoms. The second kappa shape index (κ2) is 6.32. The molecule has 3 rings (SSSR count). The minimum Gasteiger partial charge on any atom is -0.493 e. The minimum absolute atomic E-state index is 0.00556. The van der Waals surface area contributed by atoms with Gasteiger partial charge < -0.3 is 19.7 Å². The monoisotopic (exact) mass is 316 g/mol. The highest BCUT2D eigenvalue weighted by Gasteiger charge is 2.28. The number of aldehydes is 1. The number of nitrogens with zero attached hydrogens (tertiary/aromatic N) is 1. The van der Waals surface area contributed by atoms with Crippen LogP contribution in [0, 0.1) is 0 Å². The van der Waals surface area contributed by atoms with Gasteiger partial charge in [-0.3, -0.25) is 9.59 Å². The van der Waals surface area contributed by atoms with E-state index < -0.39 is 0 Å². The van der Waals surface area contributed by atoms with E-state index in [1.807, 2.05) is 12.1 Å². The number of allylic oxidation sites excluding steroid dienone is 1. The summed E-state index contributed by atoms with van der Waals surface area (Å²) in [6.45, 7) is 1.29. The molecule has 0 atom stereocenters. The summed E-state index contributed by atoms with van der Waals surface area (Å²) < 4.78 is 10.7. The fourth-order valence-electron chi connectivity index (χ4n) is 3.17. The average molecular weight is 316 g/mol. The lowest BCUT2D eigenvalue weighted by Crippen LogP contribution is -2.32. The van der Waals surface area contributed by atoms with Crippen LogP contribution in [-0.4, -0.2) is 44.4 Å². The molecule has 0 aliphatic carbocycles. The van der Waals surface area contributed by atoms with Crippen molar-refractivity contribution in [2.75, 3.05) is 27.3 Å². The first-order valence-electron chi connectivity index (χ1n) is 7.68. The van der Waals surface area contributed by atoms with E-state index in [2.05, 4.69) is 5.32 Å². The van der Waals surface area contributed by atoms with Crippen molar-refractivity contribution in [3.05, 3.63) is 29.0 Å². The Balaban J connectivity index is 2.14. The highest BCUT2D eigenvalue weighted by molar-refractivity contribution is 5.95. The fraction of sp³-hybridized carbons (Fsp3) is 0.412. The molecule has 1 aromatic carbocycles. The topological polar surface area (TPSA) is 67.9 Å². The highest BCUT2D eigenvalue weighted by Crippen LogP contribution is 2.36. The van der Waals surface area contributed by atoms with E-state index in [4.69, 9.17) is 9.47 Å². The third kappa shape index (κ3) is 2.65. The van der Waals surface area contributed by atoms with E-state index in [0.717, 1.165) is 30.3 Å². The van der Waals surface area contributed by atoms with Gasteiger partial charge in [-0.15, -0.1) is 0 Å². The second-order valence-electron chi connectivity index (χ2n) is 5.57. The maximum absolute atomic E-state index is 12.0. The molecular formula is C17H20N2O4. The molecule has 1 N–H and O–H groups in total. The van der Waals surface area contributed by atoms with Gasteiger partial charge in [-0.1, -0.05) is 0 Å². The van der Waals surface area contributed by atoms with Gasteiger partial charge in [-0.25, -0.2) is 0 Å². The summed E-state index contributed by atoms with van der Waals surface area (Å²) in [7, 11) is 3.18. The predicted molar refractivity (Wildman–Crippen MR) is 85.2 cm³/mol. The van der Waals surface area contributed by atoms with E-state index in [0.29, 0.717) is 42.4 Å². The van der Waals surface area contributed by atoms with Gasteiger partial charge in [0, 0.05) is 25.1 Å². The average Bonchev–Trinajstić information content (AvgIpc) is 3.00. The molecule has 1 saturated heterocycles. The Morgan fingerprint density at radius 2 is 1.96 bits per heavy atom. The van der Waals surface area contributed by atoms with Crippen LogP contribution in [0.15, 0.2) is 17.8 Å². The van der Waals surface area contributed by atoms with E-state index in [9.17, 15) is 9.59 Å². The zero-order chi connectivity index (χ0) is 16.4. The molecule has 0 saturated carbocycles. The first-order chi connectivity index (χ1) is 11.2. The number of methoxy groups -OCH3 is 2. The lowest BCUT2D eigenvalue weighted by Gasteiger charge is -2.27. The van der Waals surface area contributed by atoms with Crippen LogP contribution in [0.2, 0.25) is 0 Å². The zero-order valence-electron chi connectivity index (χ0n) is 13.3. The van der Waals surface area contributed by atoms with Crippen molar-refractivity contribution >= 4 is 17.9 Å². The first-order valence-corrected chi connectivity index (χ1v) is 7.68. The van der Waals surface area contributed by atoms with Crippen molar-refractivity contribution in [1.29, 1.82) is 0 Å². The van der Waals surface area contributed by atoms with Crippen LogP contribution < -0.4 is 14.8 Å². The summed E-state index contributed by atoms with van der Waals surface area (Å²) in [5.41, 5.74) is 3.05. The van der Waals surface area contributed by atoms with Crippen molar-refractivity contribution in [1.82, 2.24) is 10.2 Å². The van der Waals surface area contributed by atoms with Crippen molar-refractivity contribution in [3.8, 4) is 11.5 Å². The minimum atomic E-state index is -0.00556. The van der Waals surface area contributed by atoms with Crippen LogP contribution in [0.4, 0.5) is 0 Å². The maximum Gasteiger partial charge on any atom is 0.227 e. The van der Waals surface area contributed by atoms with E-state index in [1.54, 1.807) is 19.1 Å². The van der Waals surface area contributed by atoms with Gasteiger partial charge in [0.1, 0.15) is 5.70 Å². The number of benzene rings is 1. The molecule has 2 aliphatic heterocycles. The van der Waals surface area contributed by atoms with Gasteiger partial charge in [-0.2, -0.15) is 0 Å². The molecule has 1 amide bonds. The summed E-state index contributed by atoms with van der Waals surface area (Å²) in [5, 5.41) is 3.27. The Bertz CT molecular complexity index is 681. The molecule has 0 bridgehead atoms. The maximum atomic E-state index is 12.0. The van der Waals surface area contributed by atoms with Crippen molar-refractivity contribution in [3.63, 3.8) is 0 Å². The number of carbonyl (C=O) groups excluding carboxylic acids is 2. The number of carbonyl (C=O) groups is 2. The molecule has 6 heteroatoms. The molecule has 1 fully saturated rings. The number of likely N-dealkylation sites (tertiary alicyclic amines) is 1. The van der Waals surface area contributed by atoms with Crippen LogP contribution in [0.3, 0.4) is 0 Å². The number of ether oxygens (including phenoxy) is 2. The van der Waals surface area contributed by atoms with Gasteiger partial charge in [0.25, 0.3) is 0 Å². The van der Waals surface area contributed by atoms with E-state index in [1.165, 1.54) is 0 Å². The molecule has 122 valence electrons. The normalized spacial score (nSPS) is 19.0. The van der Waals surface area contributed by atoms with Gasteiger partial charge in [0.15, 0.2) is 17.8 Å². The SMILES string of the molecule is COc1cc2c(cc1OC)/C(=C(\C=O)N1CCCC1=O)NCC2. The first kappa shape index (κ1) is 15.4. The zero-order valence-corrected chi connectivity index (χ0v) is 13.3. The molecule has 2 heterocycles. The smallest absolute Gasteiger partial charge is 0.227 e. The number of hydrogen-bond donors (Lipinski definition) is 1. The Hall–Kier alpha value is -2.50. The lowest BCUT2D eigenvalue weighted by atomic mass is 9.96. The molecular weight excluding hydrogens is 296 g/mol. The van der Waals surface area contributed by atoms with Crippen LogP contribution in [0.5, 0.6) is 11.5 Å².